The largest absolute Gasteiger partial charge is 0.385 e. The summed E-state index contributed by atoms with van der Waals surface area (Å²) in [7, 11) is 1.67. The molecule has 1 aromatic heterocycles. The number of pyridine rings is 1. The Morgan fingerprint density at radius 1 is 1.21 bits per heavy atom. The predicted octanol–water partition coefficient (Wildman–Crippen LogP) is 3.73. The maximum absolute atomic E-state index is 12.6. The van der Waals surface area contributed by atoms with E-state index in [9.17, 15) is 4.79 Å². The minimum Gasteiger partial charge on any atom is -0.385 e. The molecule has 0 aliphatic carbocycles. The molecule has 0 unspecified atom stereocenters. The van der Waals surface area contributed by atoms with Crippen LogP contribution in [0.5, 0.6) is 0 Å². The molecule has 5 heteroatoms. The van der Waals surface area contributed by atoms with Crippen LogP contribution in [0.2, 0.25) is 5.02 Å². The van der Waals surface area contributed by atoms with E-state index >= 15 is 0 Å². The molecular formula is C19H23ClN2O2. The molecule has 0 saturated heterocycles. The van der Waals surface area contributed by atoms with Crippen molar-refractivity contribution >= 4 is 17.5 Å². The molecule has 0 bridgehead atoms. The van der Waals surface area contributed by atoms with E-state index in [1.54, 1.807) is 19.5 Å². The Hall–Kier alpha value is -1.91. The number of carbonyl (C=O) groups excluding carboxylic acids is 1. The van der Waals surface area contributed by atoms with Crippen molar-refractivity contribution in [1.82, 2.24) is 9.88 Å². The highest BCUT2D eigenvalue weighted by atomic mass is 35.5. The van der Waals surface area contributed by atoms with Crippen LogP contribution >= 0.6 is 11.6 Å². The molecule has 1 amide bonds. The van der Waals surface area contributed by atoms with Crippen molar-refractivity contribution < 1.29 is 9.53 Å². The number of halogens is 1. The molecule has 0 saturated carbocycles. The van der Waals surface area contributed by atoms with Crippen LogP contribution in [-0.4, -0.2) is 36.1 Å². The van der Waals surface area contributed by atoms with Crippen LogP contribution < -0.4 is 0 Å². The monoisotopic (exact) mass is 346 g/mol. The zero-order valence-electron chi connectivity index (χ0n) is 14.0. The Morgan fingerprint density at radius 2 is 2.00 bits per heavy atom. The fourth-order valence-electron chi connectivity index (χ4n) is 2.50. The van der Waals surface area contributed by atoms with Gasteiger partial charge in [0.25, 0.3) is 0 Å². The summed E-state index contributed by atoms with van der Waals surface area (Å²) in [6.45, 7) is 1.93. The topological polar surface area (TPSA) is 42.4 Å². The van der Waals surface area contributed by atoms with E-state index < -0.39 is 0 Å². The summed E-state index contributed by atoms with van der Waals surface area (Å²) in [5.74, 6) is 0.142. The van der Waals surface area contributed by atoms with Gasteiger partial charge in [-0.05, 0) is 48.2 Å². The maximum atomic E-state index is 12.6. The number of amides is 1. The zero-order valence-corrected chi connectivity index (χ0v) is 14.7. The van der Waals surface area contributed by atoms with E-state index in [2.05, 4.69) is 4.98 Å². The van der Waals surface area contributed by atoms with Gasteiger partial charge in [0.1, 0.15) is 0 Å². The Bertz CT molecular complexity index is 634. The summed E-state index contributed by atoms with van der Waals surface area (Å²) in [5.41, 5.74) is 2.16. The second-order valence-electron chi connectivity index (χ2n) is 5.65. The van der Waals surface area contributed by atoms with Gasteiger partial charge in [0, 0.05) is 50.6 Å². The highest BCUT2D eigenvalue weighted by Crippen LogP contribution is 2.14. The van der Waals surface area contributed by atoms with Crippen molar-refractivity contribution in [2.75, 3.05) is 20.3 Å². The first-order valence-electron chi connectivity index (χ1n) is 8.09. The molecule has 0 radical (unpaired) electrons. The lowest BCUT2D eigenvalue weighted by molar-refractivity contribution is -0.132. The fraction of sp³-hybridized carbons (Fsp3) is 0.368. The summed E-state index contributed by atoms with van der Waals surface area (Å²) < 4.78 is 5.10. The van der Waals surface area contributed by atoms with Gasteiger partial charge in [-0.1, -0.05) is 23.7 Å². The normalized spacial score (nSPS) is 10.6. The summed E-state index contributed by atoms with van der Waals surface area (Å²) >= 11 is 6.00. The summed E-state index contributed by atoms with van der Waals surface area (Å²) in [6, 6.07) is 11.5. The van der Waals surface area contributed by atoms with E-state index in [4.69, 9.17) is 16.3 Å². The molecule has 0 aliphatic rings. The number of aromatic nitrogens is 1. The van der Waals surface area contributed by atoms with Crippen LogP contribution in [0.1, 0.15) is 24.0 Å². The molecular weight excluding hydrogens is 324 g/mol. The third-order valence-corrected chi connectivity index (χ3v) is 4.00. The number of ether oxygens (including phenoxy) is 1. The van der Waals surface area contributed by atoms with Crippen molar-refractivity contribution in [3.63, 3.8) is 0 Å². The molecule has 1 heterocycles. The first-order chi connectivity index (χ1) is 11.7. The molecule has 1 aromatic carbocycles. The van der Waals surface area contributed by atoms with Crippen LogP contribution in [-0.2, 0) is 22.5 Å². The number of rotatable bonds is 9. The number of methoxy groups -OCH3 is 1. The fourth-order valence-corrected chi connectivity index (χ4v) is 2.72. The van der Waals surface area contributed by atoms with Crippen molar-refractivity contribution in [3.05, 3.63) is 64.9 Å². The number of nitrogens with zero attached hydrogens (tertiary/aromatic N) is 2. The molecule has 0 N–H and O–H groups in total. The first-order valence-corrected chi connectivity index (χ1v) is 8.47. The number of hydrogen-bond acceptors (Lipinski definition) is 3. The lowest BCUT2D eigenvalue weighted by atomic mass is 10.1. The lowest BCUT2D eigenvalue weighted by Crippen LogP contribution is -2.32. The smallest absolute Gasteiger partial charge is 0.223 e. The second-order valence-corrected chi connectivity index (χ2v) is 6.08. The SMILES string of the molecule is COCCCN(Cc1ccncc1)C(=O)CCc1cccc(Cl)c1. The van der Waals surface area contributed by atoms with Crippen LogP contribution in [0.15, 0.2) is 48.8 Å². The Balaban J connectivity index is 1.95. The van der Waals surface area contributed by atoms with Crippen molar-refractivity contribution in [3.8, 4) is 0 Å². The number of hydrogen-bond donors (Lipinski definition) is 0. The van der Waals surface area contributed by atoms with E-state index in [1.165, 1.54) is 0 Å². The lowest BCUT2D eigenvalue weighted by Gasteiger charge is -2.23. The maximum Gasteiger partial charge on any atom is 0.223 e. The van der Waals surface area contributed by atoms with Gasteiger partial charge in [-0.3, -0.25) is 9.78 Å². The predicted molar refractivity (Wildman–Crippen MR) is 95.9 cm³/mol. The van der Waals surface area contributed by atoms with Crippen LogP contribution in [0.25, 0.3) is 0 Å². The van der Waals surface area contributed by atoms with Gasteiger partial charge in [0.05, 0.1) is 0 Å². The van der Waals surface area contributed by atoms with Gasteiger partial charge in [-0.15, -0.1) is 0 Å². The second kappa shape index (κ2) is 10.1. The number of carbonyl (C=O) groups is 1. The minimum atomic E-state index is 0.142. The number of aryl methyl sites for hydroxylation is 1. The Kier molecular flexibility index (Phi) is 7.72. The highest BCUT2D eigenvalue weighted by molar-refractivity contribution is 6.30. The van der Waals surface area contributed by atoms with Gasteiger partial charge in [0.2, 0.25) is 5.91 Å². The van der Waals surface area contributed by atoms with E-state index in [1.807, 2.05) is 41.3 Å². The third-order valence-electron chi connectivity index (χ3n) is 3.77. The van der Waals surface area contributed by atoms with Gasteiger partial charge >= 0.3 is 0 Å². The molecule has 0 aliphatic heterocycles. The van der Waals surface area contributed by atoms with E-state index in [-0.39, 0.29) is 5.91 Å². The molecule has 0 spiro atoms. The van der Waals surface area contributed by atoms with E-state index in [0.717, 1.165) is 17.5 Å². The molecule has 4 nitrogen and oxygen atoms in total. The van der Waals surface area contributed by atoms with Crippen molar-refractivity contribution in [2.45, 2.75) is 25.8 Å². The quantitative estimate of drug-likeness (QED) is 0.650. The number of benzene rings is 1. The van der Waals surface area contributed by atoms with E-state index in [0.29, 0.717) is 37.6 Å². The average molecular weight is 347 g/mol. The van der Waals surface area contributed by atoms with Crippen molar-refractivity contribution in [2.24, 2.45) is 0 Å². The standard InChI is InChI=1S/C19H23ClN2O2/c1-24-13-3-12-22(15-17-8-10-21-11-9-17)19(23)7-6-16-4-2-5-18(20)14-16/h2,4-5,8-11,14H,3,6-7,12-13,15H2,1H3. The third kappa shape index (κ3) is 6.30. The molecule has 128 valence electrons. The van der Waals surface area contributed by atoms with Crippen LogP contribution in [0.4, 0.5) is 0 Å². The summed E-state index contributed by atoms with van der Waals surface area (Å²) in [6.07, 6.45) is 5.48. The molecule has 24 heavy (non-hydrogen) atoms. The Morgan fingerprint density at radius 3 is 2.71 bits per heavy atom. The van der Waals surface area contributed by atoms with Crippen LogP contribution in [0, 0.1) is 0 Å². The molecule has 0 fully saturated rings. The minimum absolute atomic E-state index is 0.142. The summed E-state index contributed by atoms with van der Waals surface area (Å²) in [4.78, 5) is 18.5. The van der Waals surface area contributed by atoms with Gasteiger partial charge in [0.15, 0.2) is 0 Å². The summed E-state index contributed by atoms with van der Waals surface area (Å²) in [5, 5.41) is 0.702. The van der Waals surface area contributed by atoms with Gasteiger partial charge in [-0.2, -0.15) is 0 Å². The average Bonchev–Trinajstić information content (AvgIpc) is 2.60. The highest BCUT2D eigenvalue weighted by Gasteiger charge is 2.14. The van der Waals surface area contributed by atoms with Crippen LogP contribution in [0.3, 0.4) is 0 Å². The first kappa shape index (κ1) is 18.4. The molecule has 0 atom stereocenters. The van der Waals surface area contributed by atoms with Gasteiger partial charge in [-0.25, -0.2) is 0 Å². The van der Waals surface area contributed by atoms with Gasteiger partial charge < -0.3 is 9.64 Å². The molecule has 2 rings (SSSR count). The Labute approximate surface area is 148 Å². The zero-order chi connectivity index (χ0) is 17.2. The molecule has 2 aromatic rings. The van der Waals surface area contributed by atoms with Crippen molar-refractivity contribution in [1.29, 1.82) is 0 Å².